The van der Waals surface area contributed by atoms with Crippen molar-refractivity contribution in [1.29, 1.82) is 0 Å². The predicted molar refractivity (Wildman–Crippen MR) is 55.2 cm³/mol. The molecule has 2 atom stereocenters. The molecule has 0 aromatic carbocycles. The van der Waals surface area contributed by atoms with Gasteiger partial charge in [-0.1, -0.05) is 40.5 Å². The highest BCUT2D eigenvalue weighted by Gasteiger charge is 2.32. The minimum atomic E-state index is 0.553. The maximum Gasteiger partial charge on any atom is -0.0380 e. The van der Waals surface area contributed by atoms with Crippen molar-refractivity contribution in [3.05, 3.63) is 0 Å². The molecule has 0 aliphatic heterocycles. The Balaban J connectivity index is 2.25. The SMILES string of the molecule is CCCC1CCC1CC(C)(C)C. The molecule has 1 fully saturated rings. The van der Waals surface area contributed by atoms with E-state index < -0.39 is 0 Å². The Kier molecular flexibility index (Phi) is 3.20. The van der Waals surface area contributed by atoms with E-state index in [1.807, 2.05) is 0 Å². The quantitative estimate of drug-likeness (QED) is 0.591. The molecule has 0 spiro atoms. The van der Waals surface area contributed by atoms with Gasteiger partial charge in [-0.05, 0) is 36.5 Å². The van der Waals surface area contributed by atoms with Crippen molar-refractivity contribution in [3.63, 3.8) is 0 Å². The van der Waals surface area contributed by atoms with E-state index in [1.165, 1.54) is 32.1 Å². The molecule has 0 saturated heterocycles. The zero-order chi connectivity index (χ0) is 9.19. The van der Waals surface area contributed by atoms with Crippen LogP contribution in [-0.4, -0.2) is 0 Å². The van der Waals surface area contributed by atoms with E-state index in [-0.39, 0.29) is 0 Å². The average Bonchev–Trinajstić information content (AvgIpc) is 1.92. The Bertz CT molecular complexity index is 129. The first-order valence-electron chi connectivity index (χ1n) is 5.53. The largest absolute Gasteiger partial charge is 0.0654 e. The van der Waals surface area contributed by atoms with Crippen LogP contribution < -0.4 is 0 Å². The van der Waals surface area contributed by atoms with E-state index in [9.17, 15) is 0 Å². The van der Waals surface area contributed by atoms with Gasteiger partial charge in [-0.2, -0.15) is 0 Å². The minimum Gasteiger partial charge on any atom is -0.0654 e. The highest BCUT2D eigenvalue weighted by molar-refractivity contribution is 4.83. The molecule has 72 valence electrons. The lowest BCUT2D eigenvalue weighted by Gasteiger charge is -2.40. The first kappa shape index (κ1) is 10.1. The lowest BCUT2D eigenvalue weighted by Crippen LogP contribution is -2.29. The Morgan fingerprint density at radius 3 is 2.00 bits per heavy atom. The van der Waals surface area contributed by atoms with Gasteiger partial charge in [0.2, 0.25) is 0 Å². The van der Waals surface area contributed by atoms with Crippen LogP contribution >= 0.6 is 0 Å². The van der Waals surface area contributed by atoms with Crippen molar-refractivity contribution in [1.82, 2.24) is 0 Å². The predicted octanol–water partition coefficient (Wildman–Crippen LogP) is 4.25. The molecule has 0 bridgehead atoms. The lowest BCUT2D eigenvalue weighted by atomic mass is 9.65. The van der Waals surface area contributed by atoms with Crippen LogP contribution in [0.2, 0.25) is 0 Å². The van der Waals surface area contributed by atoms with Gasteiger partial charge < -0.3 is 0 Å². The fourth-order valence-corrected chi connectivity index (χ4v) is 2.44. The van der Waals surface area contributed by atoms with E-state index in [4.69, 9.17) is 0 Å². The zero-order valence-corrected chi connectivity index (χ0v) is 9.19. The zero-order valence-electron chi connectivity index (χ0n) is 9.19. The van der Waals surface area contributed by atoms with Crippen LogP contribution in [0.1, 0.15) is 59.8 Å². The van der Waals surface area contributed by atoms with Crippen molar-refractivity contribution >= 4 is 0 Å². The van der Waals surface area contributed by atoms with Gasteiger partial charge in [-0.25, -0.2) is 0 Å². The normalized spacial score (nSPS) is 30.0. The molecule has 1 aliphatic carbocycles. The van der Waals surface area contributed by atoms with E-state index in [2.05, 4.69) is 27.7 Å². The van der Waals surface area contributed by atoms with Crippen molar-refractivity contribution < 1.29 is 0 Å². The van der Waals surface area contributed by atoms with Gasteiger partial charge in [0.1, 0.15) is 0 Å². The Morgan fingerprint density at radius 2 is 1.67 bits per heavy atom. The molecule has 1 rings (SSSR count). The third kappa shape index (κ3) is 2.80. The summed E-state index contributed by atoms with van der Waals surface area (Å²) >= 11 is 0. The molecule has 0 N–H and O–H groups in total. The summed E-state index contributed by atoms with van der Waals surface area (Å²) in [5, 5.41) is 0. The third-order valence-electron chi connectivity index (χ3n) is 3.11. The van der Waals surface area contributed by atoms with Crippen LogP contribution in [0.15, 0.2) is 0 Å². The topological polar surface area (TPSA) is 0 Å². The maximum atomic E-state index is 2.37. The summed E-state index contributed by atoms with van der Waals surface area (Å²) < 4.78 is 0. The summed E-state index contributed by atoms with van der Waals surface area (Å²) in [6, 6.07) is 0. The van der Waals surface area contributed by atoms with Crippen LogP contribution in [0.5, 0.6) is 0 Å². The smallest absolute Gasteiger partial charge is 0.0380 e. The number of hydrogen-bond donors (Lipinski definition) is 0. The van der Waals surface area contributed by atoms with Crippen molar-refractivity contribution in [2.45, 2.75) is 59.8 Å². The second-order valence-corrected chi connectivity index (χ2v) is 5.65. The molecule has 12 heavy (non-hydrogen) atoms. The summed E-state index contributed by atoms with van der Waals surface area (Å²) in [7, 11) is 0. The molecule has 1 saturated carbocycles. The summed E-state index contributed by atoms with van der Waals surface area (Å²) in [6.07, 6.45) is 7.31. The van der Waals surface area contributed by atoms with Gasteiger partial charge in [0.25, 0.3) is 0 Å². The van der Waals surface area contributed by atoms with Crippen LogP contribution in [-0.2, 0) is 0 Å². The van der Waals surface area contributed by atoms with E-state index >= 15 is 0 Å². The van der Waals surface area contributed by atoms with Crippen molar-refractivity contribution in [2.75, 3.05) is 0 Å². The van der Waals surface area contributed by atoms with Gasteiger partial charge in [0.05, 0.1) is 0 Å². The van der Waals surface area contributed by atoms with E-state index in [0.717, 1.165) is 11.8 Å². The van der Waals surface area contributed by atoms with Crippen LogP contribution in [0.4, 0.5) is 0 Å². The molecule has 0 heterocycles. The maximum absolute atomic E-state index is 2.37. The molecule has 0 aromatic heterocycles. The fourth-order valence-electron chi connectivity index (χ4n) is 2.44. The monoisotopic (exact) mass is 168 g/mol. The Hall–Kier alpha value is 0. The van der Waals surface area contributed by atoms with Crippen LogP contribution in [0, 0.1) is 17.3 Å². The fraction of sp³-hybridized carbons (Fsp3) is 1.00. The van der Waals surface area contributed by atoms with E-state index in [0.29, 0.717) is 5.41 Å². The summed E-state index contributed by atoms with van der Waals surface area (Å²) in [6.45, 7) is 9.42. The van der Waals surface area contributed by atoms with Crippen LogP contribution in [0.3, 0.4) is 0 Å². The first-order chi connectivity index (χ1) is 5.53. The number of rotatable bonds is 3. The highest BCUT2D eigenvalue weighted by atomic mass is 14.4. The second kappa shape index (κ2) is 3.81. The molecular formula is C12H24. The third-order valence-corrected chi connectivity index (χ3v) is 3.11. The first-order valence-corrected chi connectivity index (χ1v) is 5.53. The summed E-state index contributed by atoms with van der Waals surface area (Å²) in [5.41, 5.74) is 0.553. The Labute approximate surface area is 77.7 Å². The Morgan fingerprint density at radius 1 is 1.08 bits per heavy atom. The molecule has 2 unspecified atom stereocenters. The number of hydrogen-bond acceptors (Lipinski definition) is 0. The van der Waals surface area contributed by atoms with Gasteiger partial charge in [-0.15, -0.1) is 0 Å². The molecule has 0 aromatic rings. The summed E-state index contributed by atoms with van der Waals surface area (Å²) in [4.78, 5) is 0. The van der Waals surface area contributed by atoms with Crippen LogP contribution in [0.25, 0.3) is 0 Å². The second-order valence-electron chi connectivity index (χ2n) is 5.65. The molecule has 0 heteroatoms. The molecule has 0 nitrogen and oxygen atoms in total. The lowest BCUT2D eigenvalue weighted by molar-refractivity contribution is 0.109. The average molecular weight is 168 g/mol. The standard InChI is InChI=1S/C12H24/c1-5-6-10-7-8-11(10)9-12(2,3)4/h10-11H,5-9H2,1-4H3. The van der Waals surface area contributed by atoms with Gasteiger partial charge >= 0.3 is 0 Å². The van der Waals surface area contributed by atoms with E-state index in [1.54, 1.807) is 0 Å². The highest BCUT2D eigenvalue weighted by Crippen LogP contribution is 2.43. The molecule has 1 aliphatic rings. The molecule has 0 radical (unpaired) electrons. The van der Waals surface area contributed by atoms with Gasteiger partial charge in [-0.3, -0.25) is 0 Å². The summed E-state index contributed by atoms with van der Waals surface area (Å²) in [5.74, 6) is 2.14. The molecular weight excluding hydrogens is 144 g/mol. The molecule has 0 amide bonds. The van der Waals surface area contributed by atoms with Crippen molar-refractivity contribution in [3.8, 4) is 0 Å². The van der Waals surface area contributed by atoms with Gasteiger partial charge in [0.15, 0.2) is 0 Å². The van der Waals surface area contributed by atoms with Crippen molar-refractivity contribution in [2.24, 2.45) is 17.3 Å². The van der Waals surface area contributed by atoms with Gasteiger partial charge in [0, 0.05) is 0 Å². The minimum absolute atomic E-state index is 0.553.